The fourth-order valence-corrected chi connectivity index (χ4v) is 3.02. The van der Waals surface area contributed by atoms with Gasteiger partial charge in [0.1, 0.15) is 0 Å². The monoisotopic (exact) mass is 261 g/mol. The van der Waals surface area contributed by atoms with Gasteiger partial charge in [-0.15, -0.1) is 0 Å². The molecule has 0 saturated heterocycles. The van der Waals surface area contributed by atoms with E-state index in [0.29, 0.717) is 11.8 Å². The average molecular weight is 261 g/mol. The van der Waals surface area contributed by atoms with Crippen molar-refractivity contribution in [3.63, 3.8) is 0 Å². The van der Waals surface area contributed by atoms with Crippen LogP contribution in [-0.4, -0.2) is 19.0 Å². The summed E-state index contributed by atoms with van der Waals surface area (Å²) in [7, 11) is 1.91. The summed E-state index contributed by atoms with van der Waals surface area (Å²) in [5.41, 5.74) is 0.342. The summed E-state index contributed by atoms with van der Waals surface area (Å²) in [6, 6.07) is 0.263. The van der Waals surface area contributed by atoms with Gasteiger partial charge in [-0.2, -0.15) is 0 Å². The van der Waals surface area contributed by atoms with E-state index < -0.39 is 5.92 Å². The van der Waals surface area contributed by atoms with E-state index in [1.807, 2.05) is 7.05 Å². The van der Waals surface area contributed by atoms with Gasteiger partial charge in [0.05, 0.1) is 0 Å². The van der Waals surface area contributed by atoms with Crippen LogP contribution in [0.5, 0.6) is 0 Å². The molecule has 3 heteroatoms. The van der Waals surface area contributed by atoms with Gasteiger partial charge in [0.25, 0.3) is 0 Å². The van der Waals surface area contributed by atoms with Gasteiger partial charge >= 0.3 is 0 Å². The van der Waals surface area contributed by atoms with E-state index in [4.69, 9.17) is 0 Å². The van der Waals surface area contributed by atoms with Crippen molar-refractivity contribution in [3.05, 3.63) is 0 Å². The van der Waals surface area contributed by atoms with Crippen molar-refractivity contribution in [1.29, 1.82) is 0 Å². The zero-order valence-corrected chi connectivity index (χ0v) is 12.4. The van der Waals surface area contributed by atoms with Crippen molar-refractivity contribution in [3.8, 4) is 0 Å². The lowest BCUT2D eigenvalue weighted by atomic mass is 9.79. The number of halogens is 2. The van der Waals surface area contributed by atoms with Crippen molar-refractivity contribution >= 4 is 0 Å². The molecular formula is C15H29F2N. The van der Waals surface area contributed by atoms with Gasteiger partial charge in [-0.3, -0.25) is 0 Å². The smallest absolute Gasteiger partial charge is 0.248 e. The Morgan fingerprint density at radius 3 is 2.50 bits per heavy atom. The molecule has 1 nitrogen and oxygen atoms in total. The zero-order chi connectivity index (χ0) is 13.8. The Balaban J connectivity index is 2.40. The van der Waals surface area contributed by atoms with E-state index >= 15 is 0 Å². The first kappa shape index (κ1) is 15.9. The zero-order valence-electron chi connectivity index (χ0n) is 12.4. The molecule has 1 saturated carbocycles. The van der Waals surface area contributed by atoms with E-state index in [-0.39, 0.29) is 24.8 Å². The molecule has 0 aromatic carbocycles. The Hall–Kier alpha value is -0.180. The van der Waals surface area contributed by atoms with E-state index in [1.54, 1.807) is 0 Å². The molecule has 0 aromatic rings. The standard InChI is InChI=1S/C15H29F2N/c1-14(2,3)9-6-8-13(18-4)12-7-5-10-15(16,17)11-12/h12-13,18H,5-11H2,1-4H3. The summed E-state index contributed by atoms with van der Waals surface area (Å²) in [5.74, 6) is -2.28. The number of hydrogen-bond acceptors (Lipinski definition) is 1. The summed E-state index contributed by atoms with van der Waals surface area (Å²) in [4.78, 5) is 0. The predicted octanol–water partition coefficient (Wildman–Crippen LogP) is 4.62. The molecule has 1 aliphatic carbocycles. The second kappa shape index (κ2) is 6.31. The van der Waals surface area contributed by atoms with Crippen molar-refractivity contribution < 1.29 is 8.78 Å². The molecular weight excluding hydrogens is 232 g/mol. The summed E-state index contributed by atoms with van der Waals surface area (Å²) in [6.07, 6.45) is 5.10. The van der Waals surface area contributed by atoms with E-state index in [9.17, 15) is 8.78 Å². The van der Waals surface area contributed by atoms with Crippen molar-refractivity contribution in [2.45, 2.75) is 77.7 Å². The Bertz CT molecular complexity index is 245. The number of rotatable bonds is 5. The third-order valence-electron chi connectivity index (χ3n) is 4.06. The lowest BCUT2D eigenvalue weighted by Crippen LogP contribution is -2.39. The highest BCUT2D eigenvalue weighted by Crippen LogP contribution is 2.39. The van der Waals surface area contributed by atoms with Crippen LogP contribution in [0.4, 0.5) is 8.78 Å². The van der Waals surface area contributed by atoms with Gasteiger partial charge in [0, 0.05) is 18.9 Å². The van der Waals surface area contributed by atoms with Crippen LogP contribution in [-0.2, 0) is 0 Å². The quantitative estimate of drug-likeness (QED) is 0.761. The van der Waals surface area contributed by atoms with Gasteiger partial charge in [-0.05, 0) is 44.1 Å². The SMILES string of the molecule is CNC(CCCC(C)(C)C)C1CCCC(F)(F)C1. The highest BCUT2D eigenvalue weighted by molar-refractivity contribution is 4.85. The van der Waals surface area contributed by atoms with Crippen LogP contribution in [0.15, 0.2) is 0 Å². The Morgan fingerprint density at radius 1 is 1.33 bits per heavy atom. The van der Waals surface area contributed by atoms with E-state index in [1.165, 1.54) is 0 Å². The largest absolute Gasteiger partial charge is 0.317 e. The lowest BCUT2D eigenvalue weighted by molar-refractivity contribution is -0.0583. The fraction of sp³-hybridized carbons (Fsp3) is 1.00. The second-order valence-corrected chi connectivity index (χ2v) is 7.06. The molecule has 0 spiro atoms. The van der Waals surface area contributed by atoms with Crippen LogP contribution in [0.1, 0.15) is 65.7 Å². The predicted molar refractivity (Wildman–Crippen MR) is 73.1 cm³/mol. The Kier molecular flexibility index (Phi) is 5.57. The van der Waals surface area contributed by atoms with Crippen molar-refractivity contribution in [2.75, 3.05) is 7.05 Å². The van der Waals surface area contributed by atoms with Crippen LogP contribution in [0.2, 0.25) is 0 Å². The summed E-state index contributed by atoms with van der Waals surface area (Å²) in [6.45, 7) is 6.70. The number of hydrogen-bond donors (Lipinski definition) is 1. The molecule has 2 unspecified atom stereocenters. The van der Waals surface area contributed by atoms with Gasteiger partial charge in [0.2, 0.25) is 5.92 Å². The first-order chi connectivity index (χ1) is 8.23. The molecule has 1 aliphatic rings. The van der Waals surface area contributed by atoms with Gasteiger partial charge < -0.3 is 5.32 Å². The highest BCUT2D eigenvalue weighted by atomic mass is 19.3. The lowest BCUT2D eigenvalue weighted by Gasteiger charge is -2.34. The Labute approximate surface area is 111 Å². The van der Waals surface area contributed by atoms with Gasteiger partial charge in [0.15, 0.2) is 0 Å². The van der Waals surface area contributed by atoms with Crippen LogP contribution in [0.3, 0.4) is 0 Å². The summed E-state index contributed by atoms with van der Waals surface area (Å²) in [5, 5.41) is 3.26. The van der Waals surface area contributed by atoms with E-state index in [2.05, 4.69) is 26.1 Å². The number of alkyl halides is 2. The molecule has 2 atom stereocenters. The Morgan fingerprint density at radius 2 is 2.00 bits per heavy atom. The maximum absolute atomic E-state index is 13.4. The normalized spacial score (nSPS) is 26.0. The maximum atomic E-state index is 13.4. The van der Waals surface area contributed by atoms with Crippen LogP contribution in [0, 0.1) is 11.3 Å². The number of nitrogens with one attached hydrogen (secondary N) is 1. The topological polar surface area (TPSA) is 12.0 Å². The minimum atomic E-state index is -2.43. The molecule has 0 aromatic heterocycles. The van der Waals surface area contributed by atoms with Crippen molar-refractivity contribution in [2.24, 2.45) is 11.3 Å². The van der Waals surface area contributed by atoms with Crippen LogP contribution >= 0.6 is 0 Å². The molecule has 1 N–H and O–H groups in total. The average Bonchev–Trinajstić information content (AvgIpc) is 2.21. The second-order valence-electron chi connectivity index (χ2n) is 7.06. The summed E-state index contributed by atoms with van der Waals surface area (Å²) >= 11 is 0. The third-order valence-corrected chi connectivity index (χ3v) is 4.06. The molecule has 0 aliphatic heterocycles. The molecule has 0 heterocycles. The molecule has 0 radical (unpaired) electrons. The highest BCUT2D eigenvalue weighted by Gasteiger charge is 2.38. The van der Waals surface area contributed by atoms with Gasteiger partial charge in [-0.25, -0.2) is 8.78 Å². The molecule has 0 amide bonds. The first-order valence-corrected chi connectivity index (χ1v) is 7.29. The maximum Gasteiger partial charge on any atom is 0.248 e. The molecule has 0 bridgehead atoms. The molecule has 1 rings (SSSR count). The van der Waals surface area contributed by atoms with Crippen LogP contribution < -0.4 is 5.32 Å². The first-order valence-electron chi connectivity index (χ1n) is 7.29. The van der Waals surface area contributed by atoms with Crippen molar-refractivity contribution in [1.82, 2.24) is 5.32 Å². The molecule has 18 heavy (non-hydrogen) atoms. The minimum Gasteiger partial charge on any atom is -0.317 e. The van der Waals surface area contributed by atoms with Crippen LogP contribution in [0.25, 0.3) is 0 Å². The fourth-order valence-electron chi connectivity index (χ4n) is 3.02. The van der Waals surface area contributed by atoms with Gasteiger partial charge in [-0.1, -0.05) is 27.2 Å². The third kappa shape index (κ3) is 5.64. The molecule has 108 valence electrons. The molecule has 1 fully saturated rings. The summed E-state index contributed by atoms with van der Waals surface area (Å²) < 4.78 is 26.9. The van der Waals surface area contributed by atoms with E-state index in [0.717, 1.165) is 25.7 Å². The minimum absolute atomic E-state index is 0.0774.